The Labute approximate surface area is 179 Å². The average molecular weight is 454 g/mol. The fraction of sp³-hybridized carbons (Fsp3) is 0.421. The highest BCUT2D eigenvalue weighted by atomic mass is 32.2. The number of ketones is 1. The van der Waals surface area contributed by atoms with Gasteiger partial charge in [-0.05, 0) is 50.3 Å². The number of Topliss-reactive ketones (excluding diaryl/α,β-unsaturated/α-hetero) is 1. The maximum absolute atomic E-state index is 12.8. The number of benzene rings is 1. The van der Waals surface area contributed by atoms with E-state index in [0.717, 1.165) is 16.2 Å². The van der Waals surface area contributed by atoms with Crippen LogP contribution < -0.4 is 5.32 Å². The summed E-state index contributed by atoms with van der Waals surface area (Å²) in [5.41, 5.74) is 0.603. The van der Waals surface area contributed by atoms with Gasteiger partial charge >= 0.3 is 0 Å². The van der Waals surface area contributed by atoms with Crippen LogP contribution in [0.5, 0.6) is 0 Å². The lowest BCUT2D eigenvalue weighted by Gasteiger charge is -2.30. The van der Waals surface area contributed by atoms with Gasteiger partial charge in [0.1, 0.15) is 0 Å². The second-order valence-electron chi connectivity index (χ2n) is 6.83. The molecule has 0 spiro atoms. The van der Waals surface area contributed by atoms with Crippen LogP contribution in [0.15, 0.2) is 34.1 Å². The van der Waals surface area contributed by atoms with Gasteiger partial charge in [-0.1, -0.05) is 11.3 Å². The van der Waals surface area contributed by atoms with E-state index in [4.69, 9.17) is 0 Å². The van der Waals surface area contributed by atoms with Gasteiger partial charge in [-0.2, -0.15) is 4.31 Å². The number of anilines is 1. The normalized spacial score (nSPS) is 16.0. The number of rotatable bonds is 6. The molecule has 3 rings (SSSR count). The lowest BCUT2D eigenvalue weighted by Crippen LogP contribution is -2.41. The predicted octanol–water partition coefficient (Wildman–Crippen LogP) is 3.42. The van der Waals surface area contributed by atoms with Crippen LogP contribution in [-0.2, 0) is 14.8 Å². The van der Waals surface area contributed by atoms with Crippen LogP contribution in [0.2, 0.25) is 0 Å². The third-order valence-corrected chi connectivity index (χ3v) is 8.70. The van der Waals surface area contributed by atoms with Crippen molar-refractivity contribution < 1.29 is 18.0 Å². The number of amides is 1. The second-order valence-corrected chi connectivity index (χ2v) is 10.6. The number of hydrogen-bond donors (Lipinski definition) is 1. The zero-order valence-corrected chi connectivity index (χ0v) is 18.9. The summed E-state index contributed by atoms with van der Waals surface area (Å²) in [6.45, 7) is 3.79. The molecule has 1 N–H and O–H groups in total. The summed E-state index contributed by atoms with van der Waals surface area (Å²) in [6.07, 6.45) is 2.82. The fourth-order valence-corrected chi connectivity index (χ4v) is 5.98. The van der Waals surface area contributed by atoms with E-state index in [-0.39, 0.29) is 22.5 Å². The topological polar surface area (TPSA) is 96.4 Å². The Morgan fingerprint density at radius 2 is 1.83 bits per heavy atom. The molecule has 0 saturated carbocycles. The molecule has 0 bridgehead atoms. The number of thioether (sulfide) groups is 1. The van der Waals surface area contributed by atoms with Gasteiger partial charge in [0.15, 0.2) is 10.9 Å². The van der Waals surface area contributed by atoms with Crippen LogP contribution in [0.25, 0.3) is 0 Å². The zero-order valence-electron chi connectivity index (χ0n) is 16.5. The summed E-state index contributed by atoms with van der Waals surface area (Å²) in [4.78, 5) is 30.1. The van der Waals surface area contributed by atoms with Crippen molar-refractivity contribution in [1.29, 1.82) is 0 Å². The number of hydrogen-bond acceptors (Lipinski definition) is 7. The first-order chi connectivity index (χ1) is 13.7. The monoisotopic (exact) mass is 453 g/mol. The maximum atomic E-state index is 12.8. The summed E-state index contributed by atoms with van der Waals surface area (Å²) in [5.74, 6) is -0.551. The van der Waals surface area contributed by atoms with Crippen molar-refractivity contribution in [2.24, 2.45) is 5.92 Å². The first-order valence-corrected chi connectivity index (χ1v) is 12.6. The summed E-state index contributed by atoms with van der Waals surface area (Å²) < 4.78 is 27.1. The first-order valence-electron chi connectivity index (χ1n) is 9.16. The Kier molecular flexibility index (Phi) is 6.77. The Hall–Kier alpha value is -1.75. The molecule has 156 valence electrons. The Morgan fingerprint density at radius 3 is 2.34 bits per heavy atom. The van der Waals surface area contributed by atoms with Crippen molar-refractivity contribution in [2.45, 2.75) is 36.5 Å². The first kappa shape index (κ1) is 21.9. The van der Waals surface area contributed by atoms with E-state index >= 15 is 0 Å². The fourth-order valence-electron chi connectivity index (χ4n) is 3.24. The Balaban J connectivity index is 1.61. The smallest absolute Gasteiger partial charge is 0.243 e. The van der Waals surface area contributed by atoms with E-state index < -0.39 is 10.0 Å². The molecule has 0 aliphatic carbocycles. The van der Waals surface area contributed by atoms with Crippen LogP contribution in [-0.4, -0.2) is 48.7 Å². The number of aromatic nitrogens is 1. The summed E-state index contributed by atoms with van der Waals surface area (Å²) in [5, 5.41) is 3.18. The van der Waals surface area contributed by atoms with Gasteiger partial charge in [-0.3, -0.25) is 9.59 Å². The van der Waals surface area contributed by atoms with E-state index in [9.17, 15) is 18.0 Å². The van der Waals surface area contributed by atoms with Gasteiger partial charge < -0.3 is 5.32 Å². The minimum atomic E-state index is -3.56. The molecular weight excluding hydrogens is 430 g/mol. The summed E-state index contributed by atoms with van der Waals surface area (Å²) >= 11 is 2.72. The molecule has 2 aromatic rings. The Morgan fingerprint density at radius 1 is 1.21 bits per heavy atom. The van der Waals surface area contributed by atoms with Gasteiger partial charge in [0.2, 0.25) is 15.9 Å². The van der Waals surface area contributed by atoms with Crippen LogP contribution in [0.1, 0.15) is 35.1 Å². The van der Waals surface area contributed by atoms with E-state index in [1.54, 1.807) is 43.0 Å². The second kappa shape index (κ2) is 8.95. The van der Waals surface area contributed by atoms with Gasteiger partial charge in [-0.15, -0.1) is 11.8 Å². The number of aryl methyl sites for hydroxylation is 1. The number of nitrogens with one attached hydrogen (secondary N) is 1. The van der Waals surface area contributed by atoms with Crippen molar-refractivity contribution in [3.8, 4) is 0 Å². The average Bonchev–Trinajstić information content (AvgIpc) is 3.08. The molecule has 1 aromatic carbocycles. The van der Waals surface area contributed by atoms with Crippen molar-refractivity contribution in [2.75, 3.05) is 24.7 Å². The lowest BCUT2D eigenvalue weighted by atomic mass is 9.97. The van der Waals surface area contributed by atoms with Gasteiger partial charge in [0.05, 0.1) is 15.5 Å². The molecule has 1 fully saturated rings. The van der Waals surface area contributed by atoms with E-state index in [2.05, 4.69) is 10.3 Å². The molecule has 1 amide bonds. The molecular formula is C19H23N3O4S3. The number of nitrogens with zero attached hydrogens (tertiary/aromatic N) is 2. The van der Waals surface area contributed by atoms with Crippen molar-refractivity contribution in [3.05, 3.63) is 34.8 Å². The molecule has 10 heteroatoms. The van der Waals surface area contributed by atoms with E-state index in [0.29, 0.717) is 41.6 Å². The van der Waals surface area contributed by atoms with E-state index in [1.165, 1.54) is 11.2 Å². The van der Waals surface area contributed by atoms with Crippen molar-refractivity contribution in [1.82, 2.24) is 9.29 Å². The predicted molar refractivity (Wildman–Crippen MR) is 115 cm³/mol. The Bertz CT molecular complexity index is 1010. The molecule has 0 unspecified atom stereocenters. The quantitative estimate of drug-likeness (QED) is 0.532. The van der Waals surface area contributed by atoms with Crippen LogP contribution in [0.3, 0.4) is 0 Å². The van der Waals surface area contributed by atoms with Gasteiger partial charge in [-0.25, -0.2) is 13.4 Å². The number of thiazole rings is 1. The highest BCUT2D eigenvalue weighted by Crippen LogP contribution is 2.28. The SMILES string of the molecule is CSc1ccc(S(=O)(=O)N2CCC(C(=O)Nc3nc(C)c(C(C)=O)s3)CC2)cc1. The minimum absolute atomic E-state index is 0.0791. The molecule has 1 aliphatic rings. The van der Waals surface area contributed by atoms with E-state index in [1.807, 2.05) is 6.26 Å². The van der Waals surface area contributed by atoms with Crippen molar-refractivity contribution in [3.63, 3.8) is 0 Å². The lowest BCUT2D eigenvalue weighted by molar-refractivity contribution is -0.120. The molecule has 1 saturated heterocycles. The summed E-state index contributed by atoms with van der Waals surface area (Å²) in [6, 6.07) is 6.83. The molecule has 0 atom stereocenters. The van der Waals surface area contributed by atoms with Crippen LogP contribution in [0, 0.1) is 12.8 Å². The standard InChI is InChI=1S/C19H23N3O4S3/c1-12-17(13(2)23)28-19(20-12)21-18(24)14-8-10-22(11-9-14)29(25,26)16-6-4-15(27-3)5-7-16/h4-7,14H,8-11H2,1-3H3,(H,20,21,24). The molecule has 7 nitrogen and oxygen atoms in total. The van der Waals surface area contributed by atoms with Gasteiger partial charge in [0, 0.05) is 30.8 Å². The molecule has 2 heterocycles. The number of carbonyl (C=O) groups is 2. The third kappa shape index (κ3) is 4.88. The molecule has 0 radical (unpaired) electrons. The number of sulfonamides is 1. The maximum Gasteiger partial charge on any atom is 0.243 e. The molecule has 1 aliphatic heterocycles. The summed E-state index contributed by atoms with van der Waals surface area (Å²) in [7, 11) is -3.56. The molecule has 1 aromatic heterocycles. The van der Waals surface area contributed by atoms with Crippen molar-refractivity contribution >= 4 is 49.9 Å². The largest absolute Gasteiger partial charge is 0.302 e. The minimum Gasteiger partial charge on any atom is -0.302 e. The zero-order chi connectivity index (χ0) is 21.2. The van der Waals surface area contributed by atoms with Gasteiger partial charge in [0.25, 0.3) is 0 Å². The number of carbonyl (C=O) groups excluding carboxylic acids is 2. The highest BCUT2D eigenvalue weighted by Gasteiger charge is 2.32. The van der Waals surface area contributed by atoms with Crippen LogP contribution in [0.4, 0.5) is 5.13 Å². The third-order valence-electron chi connectivity index (χ3n) is 4.87. The van der Waals surface area contributed by atoms with Crippen LogP contribution >= 0.6 is 23.1 Å². The molecule has 29 heavy (non-hydrogen) atoms. The number of piperidine rings is 1. The highest BCUT2D eigenvalue weighted by molar-refractivity contribution is 7.98.